The summed E-state index contributed by atoms with van der Waals surface area (Å²) < 4.78 is 31.0. The van der Waals surface area contributed by atoms with Crippen LogP contribution in [0.3, 0.4) is 0 Å². The minimum atomic E-state index is -3.40. The zero-order chi connectivity index (χ0) is 20.9. The number of hydrogen-bond acceptors (Lipinski definition) is 4. The van der Waals surface area contributed by atoms with Crippen LogP contribution in [0.2, 0.25) is 0 Å². The average molecular weight is 544 g/mol. The van der Waals surface area contributed by atoms with Crippen LogP contribution < -0.4 is 15.4 Å². The van der Waals surface area contributed by atoms with Gasteiger partial charge in [0.25, 0.3) is 0 Å². The molecule has 1 aliphatic heterocycles. The van der Waals surface area contributed by atoms with Crippen molar-refractivity contribution in [3.05, 3.63) is 59.2 Å². The normalized spacial score (nSPS) is 13.4. The molecule has 0 bridgehead atoms. The first-order chi connectivity index (χ1) is 13.9. The number of nitrogens with zero attached hydrogens (tertiary/aromatic N) is 2. The summed E-state index contributed by atoms with van der Waals surface area (Å²) in [5, 5.41) is 6.57. The molecule has 1 aliphatic rings. The molecule has 0 saturated carbocycles. The fourth-order valence-corrected chi connectivity index (χ4v) is 4.02. The molecule has 164 valence electrons. The molecule has 2 N–H and O–H groups in total. The standard InChI is InChI=1S/C21H28N4O3S.HI/c1-22-21(23-12-10-16-6-9-20-18(14-16)11-13-28-20)24-15-17-4-7-19(8-5-17)29(26,27)25(2)3;/h4-9,14H,10-13,15H2,1-3H3,(H2,22,23,24);1H. The van der Waals surface area contributed by atoms with Crippen molar-refractivity contribution >= 4 is 40.0 Å². The summed E-state index contributed by atoms with van der Waals surface area (Å²) in [6.07, 6.45) is 1.87. The van der Waals surface area contributed by atoms with Crippen molar-refractivity contribution in [3.63, 3.8) is 0 Å². The molecule has 0 aromatic heterocycles. The van der Waals surface area contributed by atoms with E-state index in [-0.39, 0.29) is 28.9 Å². The molecule has 0 saturated heterocycles. The van der Waals surface area contributed by atoms with Crippen molar-refractivity contribution in [1.29, 1.82) is 0 Å². The van der Waals surface area contributed by atoms with Gasteiger partial charge in [0.2, 0.25) is 10.0 Å². The summed E-state index contributed by atoms with van der Waals surface area (Å²) in [4.78, 5) is 4.53. The number of ether oxygens (including phenoxy) is 1. The summed E-state index contributed by atoms with van der Waals surface area (Å²) >= 11 is 0. The Hall–Kier alpha value is -1.85. The molecule has 2 aromatic rings. The third-order valence-electron chi connectivity index (χ3n) is 4.85. The fourth-order valence-electron chi connectivity index (χ4n) is 3.12. The maximum absolute atomic E-state index is 12.1. The lowest BCUT2D eigenvalue weighted by Crippen LogP contribution is -2.37. The van der Waals surface area contributed by atoms with Gasteiger partial charge in [0.15, 0.2) is 5.96 Å². The van der Waals surface area contributed by atoms with E-state index in [1.165, 1.54) is 29.5 Å². The smallest absolute Gasteiger partial charge is 0.242 e. The fraction of sp³-hybridized carbons (Fsp3) is 0.381. The van der Waals surface area contributed by atoms with Crippen molar-refractivity contribution in [1.82, 2.24) is 14.9 Å². The lowest BCUT2D eigenvalue weighted by Gasteiger charge is -2.14. The summed E-state index contributed by atoms with van der Waals surface area (Å²) in [6, 6.07) is 13.2. The van der Waals surface area contributed by atoms with Gasteiger partial charge in [0, 0.05) is 40.7 Å². The van der Waals surface area contributed by atoms with Crippen molar-refractivity contribution in [3.8, 4) is 5.75 Å². The zero-order valence-corrected chi connectivity index (χ0v) is 20.7. The van der Waals surface area contributed by atoms with Crippen LogP contribution in [-0.4, -0.2) is 53.0 Å². The van der Waals surface area contributed by atoms with Gasteiger partial charge < -0.3 is 15.4 Å². The highest BCUT2D eigenvalue weighted by atomic mass is 127. The highest BCUT2D eigenvalue weighted by Gasteiger charge is 2.16. The van der Waals surface area contributed by atoms with Gasteiger partial charge in [-0.1, -0.05) is 24.3 Å². The second-order valence-corrected chi connectivity index (χ2v) is 9.23. The van der Waals surface area contributed by atoms with Crippen molar-refractivity contribution in [2.75, 3.05) is 34.3 Å². The van der Waals surface area contributed by atoms with Gasteiger partial charge in [-0.05, 0) is 41.3 Å². The molecule has 2 aromatic carbocycles. The Morgan fingerprint density at radius 2 is 1.80 bits per heavy atom. The van der Waals surface area contributed by atoms with E-state index in [1.54, 1.807) is 19.2 Å². The maximum Gasteiger partial charge on any atom is 0.242 e. The van der Waals surface area contributed by atoms with Crippen LogP contribution in [0.15, 0.2) is 52.4 Å². The summed E-state index contributed by atoms with van der Waals surface area (Å²) in [6.45, 7) is 2.09. The monoisotopic (exact) mass is 544 g/mol. The first kappa shape index (κ1) is 24.4. The lowest BCUT2D eigenvalue weighted by molar-refractivity contribution is 0.357. The summed E-state index contributed by atoms with van der Waals surface area (Å²) in [5.74, 6) is 1.71. The van der Waals surface area contributed by atoms with Gasteiger partial charge >= 0.3 is 0 Å². The number of benzene rings is 2. The van der Waals surface area contributed by atoms with Crippen LogP contribution in [0.25, 0.3) is 0 Å². The van der Waals surface area contributed by atoms with E-state index in [4.69, 9.17) is 4.74 Å². The molecular weight excluding hydrogens is 515 g/mol. The number of fused-ring (bicyclic) bond motifs is 1. The minimum absolute atomic E-state index is 0. The molecule has 0 radical (unpaired) electrons. The van der Waals surface area contributed by atoms with Gasteiger partial charge in [0.05, 0.1) is 11.5 Å². The Morgan fingerprint density at radius 1 is 1.10 bits per heavy atom. The van der Waals surface area contributed by atoms with Crippen molar-refractivity contribution in [2.24, 2.45) is 4.99 Å². The van der Waals surface area contributed by atoms with Crippen LogP contribution in [0.1, 0.15) is 16.7 Å². The number of hydrogen-bond donors (Lipinski definition) is 2. The SMILES string of the molecule is CN=C(NCCc1ccc2c(c1)CCO2)NCc1ccc(S(=O)(=O)N(C)C)cc1.I. The van der Waals surface area contributed by atoms with Gasteiger partial charge in [0.1, 0.15) is 5.75 Å². The van der Waals surface area contributed by atoms with Gasteiger partial charge in [-0.25, -0.2) is 12.7 Å². The molecule has 0 amide bonds. The molecule has 3 rings (SSSR count). The molecule has 30 heavy (non-hydrogen) atoms. The molecule has 0 spiro atoms. The van der Waals surface area contributed by atoms with Crippen LogP contribution in [0.4, 0.5) is 0 Å². The Labute approximate surface area is 196 Å². The molecule has 9 heteroatoms. The summed E-state index contributed by atoms with van der Waals surface area (Å²) in [5.41, 5.74) is 3.53. The molecular formula is C21H29IN4O3S. The van der Waals surface area contributed by atoms with E-state index in [1.807, 2.05) is 18.2 Å². The second-order valence-electron chi connectivity index (χ2n) is 7.07. The molecule has 0 unspecified atom stereocenters. The first-order valence-electron chi connectivity index (χ1n) is 9.61. The Bertz CT molecular complexity index is 976. The van der Waals surface area contributed by atoms with E-state index in [0.29, 0.717) is 12.5 Å². The zero-order valence-electron chi connectivity index (χ0n) is 17.5. The maximum atomic E-state index is 12.1. The molecule has 7 nitrogen and oxygen atoms in total. The Morgan fingerprint density at radius 3 is 2.47 bits per heavy atom. The first-order valence-corrected chi connectivity index (χ1v) is 11.0. The number of guanidine groups is 1. The highest BCUT2D eigenvalue weighted by molar-refractivity contribution is 14.0. The number of rotatable bonds is 7. The topological polar surface area (TPSA) is 83.0 Å². The second kappa shape index (κ2) is 11.0. The molecule has 0 aliphatic carbocycles. The lowest BCUT2D eigenvalue weighted by atomic mass is 10.1. The predicted octanol–water partition coefficient (Wildman–Crippen LogP) is 2.40. The van der Waals surface area contributed by atoms with Crippen LogP contribution in [-0.2, 0) is 29.4 Å². The third kappa shape index (κ3) is 6.08. The predicted molar refractivity (Wildman–Crippen MR) is 130 cm³/mol. The average Bonchev–Trinajstić information content (AvgIpc) is 3.18. The van der Waals surface area contributed by atoms with E-state index in [0.717, 1.165) is 37.3 Å². The number of halogens is 1. The van der Waals surface area contributed by atoms with E-state index in [2.05, 4.69) is 27.8 Å². The number of aliphatic imine (C=N–C) groups is 1. The Kier molecular flexibility index (Phi) is 8.92. The summed E-state index contributed by atoms with van der Waals surface area (Å²) in [7, 11) is 1.38. The number of sulfonamides is 1. The van der Waals surface area contributed by atoms with Crippen molar-refractivity contribution < 1.29 is 13.2 Å². The molecule has 0 fully saturated rings. The van der Waals surface area contributed by atoms with Crippen LogP contribution in [0.5, 0.6) is 5.75 Å². The Balaban J connectivity index is 0.00000320. The van der Waals surface area contributed by atoms with Gasteiger partial charge in [-0.2, -0.15) is 0 Å². The minimum Gasteiger partial charge on any atom is -0.493 e. The third-order valence-corrected chi connectivity index (χ3v) is 6.67. The molecule has 1 heterocycles. The van der Waals surface area contributed by atoms with E-state index in [9.17, 15) is 8.42 Å². The molecule has 0 atom stereocenters. The van der Waals surface area contributed by atoms with Crippen LogP contribution in [0, 0.1) is 0 Å². The largest absolute Gasteiger partial charge is 0.493 e. The van der Waals surface area contributed by atoms with Crippen LogP contribution >= 0.6 is 24.0 Å². The van der Waals surface area contributed by atoms with Gasteiger partial charge in [-0.3, -0.25) is 4.99 Å². The number of nitrogens with one attached hydrogen (secondary N) is 2. The van der Waals surface area contributed by atoms with E-state index < -0.39 is 10.0 Å². The van der Waals surface area contributed by atoms with Crippen molar-refractivity contribution in [2.45, 2.75) is 24.3 Å². The van der Waals surface area contributed by atoms with E-state index >= 15 is 0 Å². The highest BCUT2D eigenvalue weighted by Crippen LogP contribution is 2.25. The van der Waals surface area contributed by atoms with Gasteiger partial charge in [-0.15, -0.1) is 24.0 Å². The quantitative estimate of drug-likeness (QED) is 0.318.